The highest BCUT2D eigenvalue weighted by Gasteiger charge is 2.61. The molecule has 3 aliphatic carbocycles. The number of aryl methyl sites for hydroxylation is 1. The van der Waals surface area contributed by atoms with Crippen molar-refractivity contribution in [2.24, 2.45) is 11.3 Å². The maximum atomic E-state index is 14.5. The molecule has 3 aromatic rings. The molecule has 5 atom stereocenters. The van der Waals surface area contributed by atoms with Gasteiger partial charge in [0.1, 0.15) is 41.3 Å². The molecule has 0 unspecified atom stereocenters. The second kappa shape index (κ2) is 14.8. The number of alkyl carbamates (subject to hydrolysis) is 1. The largest absolute Gasteiger partial charge is 0.488 e. The summed E-state index contributed by atoms with van der Waals surface area (Å²) in [7, 11) is 0. The minimum Gasteiger partial charge on any atom is -0.488 e. The third kappa shape index (κ3) is 7.75. The van der Waals surface area contributed by atoms with Crippen molar-refractivity contribution in [2.75, 3.05) is 11.9 Å². The molecule has 4 N–H and O–H groups in total. The van der Waals surface area contributed by atoms with Crippen molar-refractivity contribution in [1.82, 2.24) is 25.5 Å². The standard InChI is InChI=1S/C40H50N6O7S/c1-6-23-19-40(23,36(49)50)45-34(47)31-17-26(20-46(31)35(48)33(39(3,4)5)44-38(51)53-25-12-9-13-25)52-32-18-29(42-28-16-22(2)14-15-27(28)32)30-21-54-37(43-30)41-24-10-7-8-11-24/h6,14-16,18,21,23-26,31,33H,1,7-13,17,19-20H2,2-5H3,(H,41,43)(H,44,51)(H,45,47)(H,49,50)/t23-,26-,31+,33-,40-/m1/s1. The molecule has 0 spiro atoms. The molecule has 1 saturated heterocycles. The van der Waals surface area contributed by atoms with Gasteiger partial charge >= 0.3 is 12.1 Å². The van der Waals surface area contributed by atoms with Crippen molar-refractivity contribution >= 4 is 51.2 Å². The molecule has 2 aromatic heterocycles. The summed E-state index contributed by atoms with van der Waals surface area (Å²) in [6.45, 7) is 11.2. The number of carbonyl (C=O) groups excluding carboxylic acids is 3. The molecule has 1 aliphatic heterocycles. The average molecular weight is 759 g/mol. The van der Waals surface area contributed by atoms with Gasteiger partial charge in [0.2, 0.25) is 11.8 Å². The van der Waals surface area contributed by atoms with Gasteiger partial charge in [-0.05, 0) is 68.6 Å². The molecule has 3 amide bonds. The Hall–Kier alpha value is -4.72. The number of amides is 3. The predicted octanol–water partition coefficient (Wildman–Crippen LogP) is 6.21. The van der Waals surface area contributed by atoms with Crippen LogP contribution in [0.25, 0.3) is 22.3 Å². The minimum atomic E-state index is -1.49. The Balaban J connectivity index is 1.18. The number of pyridine rings is 1. The summed E-state index contributed by atoms with van der Waals surface area (Å²) in [5.74, 6) is -2.16. The van der Waals surface area contributed by atoms with Crippen LogP contribution in [0.15, 0.2) is 42.3 Å². The summed E-state index contributed by atoms with van der Waals surface area (Å²) in [6, 6.07) is 6.06. The number of aromatic nitrogens is 2. The number of carboxylic acid groups (broad SMARTS) is 1. The predicted molar refractivity (Wildman–Crippen MR) is 205 cm³/mol. The summed E-state index contributed by atoms with van der Waals surface area (Å²) < 4.78 is 12.3. The van der Waals surface area contributed by atoms with E-state index in [1.54, 1.807) is 0 Å². The molecule has 54 heavy (non-hydrogen) atoms. The maximum Gasteiger partial charge on any atom is 0.408 e. The highest BCUT2D eigenvalue weighted by Crippen LogP contribution is 2.45. The first-order valence-corrected chi connectivity index (χ1v) is 19.9. The molecule has 288 valence electrons. The van der Waals surface area contributed by atoms with Crippen LogP contribution in [-0.4, -0.2) is 86.3 Å². The second-order valence-electron chi connectivity index (χ2n) is 16.4. The summed E-state index contributed by atoms with van der Waals surface area (Å²) in [5, 5.41) is 22.7. The number of anilines is 1. The molecule has 4 aliphatic rings. The van der Waals surface area contributed by atoms with Crippen LogP contribution >= 0.6 is 11.3 Å². The Morgan fingerprint density at radius 2 is 1.81 bits per heavy atom. The number of nitrogens with one attached hydrogen (secondary N) is 3. The number of benzene rings is 1. The van der Waals surface area contributed by atoms with Gasteiger partial charge in [0.25, 0.3) is 0 Å². The molecule has 14 heteroatoms. The number of carbonyl (C=O) groups is 4. The van der Waals surface area contributed by atoms with E-state index in [9.17, 15) is 24.3 Å². The number of ether oxygens (including phenoxy) is 2. The van der Waals surface area contributed by atoms with Crippen LogP contribution in [0.4, 0.5) is 9.93 Å². The Morgan fingerprint density at radius 1 is 1.06 bits per heavy atom. The second-order valence-corrected chi connectivity index (χ2v) is 17.2. The van der Waals surface area contributed by atoms with Gasteiger partial charge in [-0.15, -0.1) is 17.9 Å². The topological polar surface area (TPSA) is 172 Å². The monoisotopic (exact) mass is 758 g/mol. The van der Waals surface area contributed by atoms with Crippen molar-refractivity contribution < 1.29 is 33.8 Å². The number of hydrogen-bond acceptors (Lipinski definition) is 10. The number of hydrogen-bond donors (Lipinski definition) is 4. The first-order valence-electron chi connectivity index (χ1n) is 19.0. The van der Waals surface area contributed by atoms with E-state index < -0.39 is 58.9 Å². The number of likely N-dealkylation sites (tertiary alicyclic amines) is 1. The van der Waals surface area contributed by atoms with Crippen LogP contribution in [0, 0.1) is 18.3 Å². The van der Waals surface area contributed by atoms with E-state index in [-0.39, 0.29) is 25.5 Å². The highest BCUT2D eigenvalue weighted by atomic mass is 32.1. The van der Waals surface area contributed by atoms with Gasteiger partial charge in [-0.3, -0.25) is 9.59 Å². The van der Waals surface area contributed by atoms with E-state index in [0.717, 1.165) is 53.7 Å². The summed E-state index contributed by atoms with van der Waals surface area (Å²) in [6.07, 6.45) is 7.50. The van der Waals surface area contributed by atoms with Gasteiger partial charge in [0.15, 0.2) is 5.13 Å². The zero-order chi connectivity index (χ0) is 38.4. The number of carboxylic acids is 1. The van der Waals surface area contributed by atoms with Crippen molar-refractivity contribution in [3.63, 3.8) is 0 Å². The van der Waals surface area contributed by atoms with Crippen LogP contribution in [-0.2, 0) is 19.1 Å². The summed E-state index contributed by atoms with van der Waals surface area (Å²) in [5.41, 5.74) is 0.839. The first-order chi connectivity index (χ1) is 25.7. The number of fused-ring (bicyclic) bond motifs is 1. The number of nitrogens with zero attached hydrogens (tertiary/aromatic N) is 3. The van der Waals surface area contributed by atoms with Crippen LogP contribution in [0.2, 0.25) is 0 Å². The Morgan fingerprint density at radius 3 is 2.46 bits per heavy atom. The SMILES string of the molecule is C=C[C@@H]1C[C@]1(NC(=O)[C@@H]1C[C@@H](Oc2cc(-c3csc(NC4CCCC4)n3)nc3cc(C)ccc23)CN1C(=O)[C@@H](NC(=O)OC1CCC1)C(C)(C)C)C(=O)O. The minimum absolute atomic E-state index is 0.0188. The molecule has 3 heterocycles. The van der Waals surface area contributed by atoms with Gasteiger partial charge in [0.05, 0.1) is 17.8 Å². The molecule has 7 rings (SSSR count). The van der Waals surface area contributed by atoms with Crippen molar-refractivity contribution in [2.45, 2.75) is 121 Å². The highest BCUT2D eigenvalue weighted by molar-refractivity contribution is 7.14. The smallest absolute Gasteiger partial charge is 0.408 e. The van der Waals surface area contributed by atoms with Crippen LogP contribution in [0.1, 0.15) is 84.1 Å². The number of aliphatic carboxylic acids is 1. The van der Waals surface area contributed by atoms with Crippen LogP contribution in [0.3, 0.4) is 0 Å². The fourth-order valence-corrected chi connectivity index (χ4v) is 8.50. The lowest BCUT2D eigenvalue weighted by molar-refractivity contribution is -0.146. The van der Waals surface area contributed by atoms with Gasteiger partial charge in [-0.2, -0.15) is 0 Å². The molecule has 4 fully saturated rings. The van der Waals surface area contributed by atoms with Crippen LogP contribution < -0.4 is 20.7 Å². The average Bonchev–Trinajstić information content (AvgIpc) is 3.52. The maximum absolute atomic E-state index is 14.5. The Kier molecular flexibility index (Phi) is 10.3. The molecule has 0 radical (unpaired) electrons. The van der Waals surface area contributed by atoms with E-state index in [1.807, 2.05) is 57.3 Å². The lowest BCUT2D eigenvalue weighted by Crippen LogP contribution is -2.59. The molecule has 0 bridgehead atoms. The zero-order valence-corrected chi connectivity index (χ0v) is 32.2. The van der Waals surface area contributed by atoms with E-state index in [1.165, 1.54) is 35.2 Å². The van der Waals surface area contributed by atoms with Crippen molar-refractivity contribution in [1.29, 1.82) is 0 Å². The third-order valence-corrected chi connectivity index (χ3v) is 12.0. The van der Waals surface area contributed by atoms with Crippen LogP contribution in [0.5, 0.6) is 5.75 Å². The van der Waals surface area contributed by atoms with Gasteiger partial charge in [-0.1, -0.05) is 45.8 Å². The molecule has 3 saturated carbocycles. The molecule has 13 nitrogen and oxygen atoms in total. The van der Waals surface area contributed by atoms with Crippen molar-refractivity contribution in [3.05, 3.63) is 47.9 Å². The summed E-state index contributed by atoms with van der Waals surface area (Å²) in [4.78, 5) is 65.2. The first kappa shape index (κ1) is 37.6. The molecular weight excluding hydrogens is 709 g/mol. The van der Waals surface area contributed by atoms with Gasteiger partial charge in [0, 0.05) is 35.2 Å². The fourth-order valence-electron chi connectivity index (χ4n) is 7.72. The molecule has 1 aromatic carbocycles. The molecular formula is C40H50N6O7S. The quantitative estimate of drug-likeness (QED) is 0.156. The van der Waals surface area contributed by atoms with Gasteiger partial charge in [-0.25, -0.2) is 19.6 Å². The Bertz CT molecular complexity index is 1950. The van der Waals surface area contributed by atoms with Crippen molar-refractivity contribution in [3.8, 4) is 17.1 Å². The summed E-state index contributed by atoms with van der Waals surface area (Å²) >= 11 is 1.54. The third-order valence-electron chi connectivity index (χ3n) is 11.2. The normalized spacial score (nSPS) is 24.7. The lowest BCUT2D eigenvalue weighted by Gasteiger charge is -2.36. The Labute approximate surface area is 319 Å². The fraction of sp³-hybridized carbons (Fsp3) is 0.550. The zero-order valence-electron chi connectivity index (χ0n) is 31.4. The van der Waals surface area contributed by atoms with E-state index >= 15 is 0 Å². The lowest BCUT2D eigenvalue weighted by atomic mass is 9.85. The van der Waals surface area contributed by atoms with E-state index in [4.69, 9.17) is 19.4 Å². The number of rotatable bonds is 12. The number of thiazole rings is 1. The van der Waals surface area contributed by atoms with Gasteiger partial charge < -0.3 is 35.4 Å². The van der Waals surface area contributed by atoms with E-state index in [0.29, 0.717) is 23.2 Å². The van der Waals surface area contributed by atoms with E-state index in [2.05, 4.69) is 22.5 Å².